The zero-order chi connectivity index (χ0) is 23.9. The van der Waals surface area contributed by atoms with E-state index >= 15 is 0 Å². The second-order valence-electron chi connectivity index (χ2n) is 8.79. The van der Waals surface area contributed by atoms with Crippen molar-refractivity contribution in [1.29, 1.82) is 0 Å². The number of amidine groups is 1. The van der Waals surface area contributed by atoms with Crippen LogP contribution in [0.15, 0.2) is 105 Å². The van der Waals surface area contributed by atoms with Crippen molar-refractivity contribution in [3.63, 3.8) is 0 Å². The maximum absolute atomic E-state index is 6.28. The summed E-state index contributed by atoms with van der Waals surface area (Å²) in [7, 11) is 0. The quantitative estimate of drug-likeness (QED) is 0.307. The number of hydrogen-bond acceptors (Lipinski definition) is 3. The van der Waals surface area contributed by atoms with Gasteiger partial charge in [0.2, 0.25) is 0 Å². The van der Waals surface area contributed by atoms with Gasteiger partial charge in [0.1, 0.15) is 0 Å². The van der Waals surface area contributed by atoms with Crippen LogP contribution in [0.3, 0.4) is 0 Å². The third kappa shape index (κ3) is 4.53. The minimum absolute atomic E-state index is 0.0774. The van der Waals surface area contributed by atoms with Gasteiger partial charge in [-0.25, -0.2) is 4.99 Å². The Morgan fingerprint density at radius 1 is 0.886 bits per heavy atom. The van der Waals surface area contributed by atoms with Crippen LogP contribution in [0.4, 0.5) is 0 Å². The molecule has 0 aromatic heterocycles. The van der Waals surface area contributed by atoms with Gasteiger partial charge >= 0.3 is 0 Å². The summed E-state index contributed by atoms with van der Waals surface area (Å²) in [5.74, 6) is 0. The molecule has 6 heteroatoms. The smallest absolute Gasteiger partial charge is 0.174 e. The number of allylic oxidation sites excluding steroid dienone is 1. The van der Waals surface area contributed by atoms with Crippen LogP contribution in [0.25, 0.3) is 11.8 Å². The Morgan fingerprint density at radius 3 is 2.29 bits per heavy atom. The van der Waals surface area contributed by atoms with E-state index in [-0.39, 0.29) is 6.04 Å². The summed E-state index contributed by atoms with van der Waals surface area (Å²) < 4.78 is 1.07. The topological polar surface area (TPSA) is 15.6 Å². The van der Waals surface area contributed by atoms with E-state index in [0.717, 1.165) is 50.2 Å². The van der Waals surface area contributed by atoms with Crippen LogP contribution < -0.4 is 0 Å². The summed E-state index contributed by atoms with van der Waals surface area (Å²) in [6, 6.07) is 24.9. The van der Waals surface area contributed by atoms with Gasteiger partial charge in [0.05, 0.1) is 17.4 Å². The highest BCUT2D eigenvalue weighted by molar-refractivity contribution is 9.10. The molecule has 0 saturated heterocycles. The van der Waals surface area contributed by atoms with Crippen molar-refractivity contribution < 1.29 is 0 Å². The minimum atomic E-state index is 0.0774. The van der Waals surface area contributed by atoms with Crippen molar-refractivity contribution in [3.05, 3.63) is 126 Å². The van der Waals surface area contributed by atoms with E-state index in [1.54, 1.807) is 11.8 Å². The molecular formula is C29H21BrCl2N2S. The first-order chi connectivity index (χ1) is 17.1. The zero-order valence-corrected chi connectivity index (χ0v) is 22.6. The van der Waals surface area contributed by atoms with E-state index in [1.807, 2.05) is 24.3 Å². The molecule has 0 N–H and O–H groups in total. The summed E-state index contributed by atoms with van der Waals surface area (Å²) in [6.45, 7) is 0. The molecular weight excluding hydrogens is 559 g/mol. The van der Waals surface area contributed by atoms with E-state index in [4.69, 9.17) is 28.2 Å². The predicted octanol–water partition coefficient (Wildman–Crippen LogP) is 9.74. The molecule has 1 aliphatic carbocycles. The van der Waals surface area contributed by atoms with Crippen LogP contribution in [0, 0.1) is 0 Å². The molecule has 1 atom stereocenters. The lowest BCUT2D eigenvalue weighted by Crippen LogP contribution is -2.34. The van der Waals surface area contributed by atoms with Crippen LogP contribution in [-0.4, -0.2) is 10.1 Å². The molecule has 2 nitrogen and oxygen atoms in total. The highest BCUT2D eigenvalue weighted by Crippen LogP contribution is 2.51. The maximum atomic E-state index is 6.28. The fourth-order valence-electron chi connectivity index (χ4n) is 4.95. The predicted molar refractivity (Wildman–Crippen MR) is 153 cm³/mol. The first kappa shape index (κ1) is 23.2. The van der Waals surface area contributed by atoms with Crippen LogP contribution in [-0.2, 0) is 0 Å². The molecule has 35 heavy (non-hydrogen) atoms. The third-order valence-electron chi connectivity index (χ3n) is 6.57. The number of fused-ring (bicyclic) bond motifs is 1. The Labute approximate surface area is 228 Å². The van der Waals surface area contributed by atoms with Gasteiger partial charge in [0, 0.05) is 19.9 Å². The molecule has 3 aromatic carbocycles. The normalized spacial score (nSPS) is 20.5. The Bertz CT molecular complexity index is 1400. The lowest BCUT2D eigenvalue weighted by atomic mass is 9.83. The molecule has 0 fully saturated rings. The summed E-state index contributed by atoms with van der Waals surface area (Å²) in [4.78, 5) is 7.65. The molecule has 3 aliphatic rings. The average Bonchev–Trinajstić information content (AvgIpc) is 3.29. The first-order valence-corrected chi connectivity index (χ1v) is 14.0. The van der Waals surface area contributed by atoms with E-state index in [2.05, 4.69) is 80.8 Å². The van der Waals surface area contributed by atoms with E-state index in [1.165, 1.54) is 28.0 Å². The zero-order valence-electron chi connectivity index (χ0n) is 18.7. The summed E-state index contributed by atoms with van der Waals surface area (Å²) in [6.07, 6.45) is 5.41. The molecule has 0 saturated carbocycles. The molecule has 6 rings (SSSR count). The SMILES string of the molecule is Clc1ccc(/C=C2\CCCC3=C2N=C2SC=C(c4ccc(Br)cc4)N2C3c2ccc(Cl)cc2)cc1. The number of benzene rings is 3. The molecule has 2 heterocycles. The van der Waals surface area contributed by atoms with E-state index < -0.39 is 0 Å². The Balaban J connectivity index is 1.48. The van der Waals surface area contributed by atoms with Crippen molar-refractivity contribution in [2.24, 2.45) is 4.99 Å². The average molecular weight is 580 g/mol. The van der Waals surface area contributed by atoms with Crippen LogP contribution in [0.2, 0.25) is 10.0 Å². The Hall–Kier alpha value is -2.24. The van der Waals surface area contributed by atoms with Crippen molar-refractivity contribution in [2.75, 3.05) is 0 Å². The lowest BCUT2D eigenvalue weighted by molar-refractivity contribution is 0.458. The molecule has 0 spiro atoms. The highest BCUT2D eigenvalue weighted by Gasteiger charge is 2.40. The number of rotatable bonds is 3. The van der Waals surface area contributed by atoms with Crippen LogP contribution in [0.1, 0.15) is 42.0 Å². The second-order valence-corrected chi connectivity index (χ2v) is 11.4. The van der Waals surface area contributed by atoms with Gasteiger partial charge < -0.3 is 4.90 Å². The van der Waals surface area contributed by atoms with Gasteiger partial charge in [0.15, 0.2) is 5.17 Å². The Kier molecular flexibility index (Phi) is 6.40. The molecule has 0 radical (unpaired) electrons. The number of aliphatic imine (C=N–C) groups is 1. The summed E-state index contributed by atoms with van der Waals surface area (Å²) in [5.41, 5.74) is 8.54. The van der Waals surface area contributed by atoms with Gasteiger partial charge in [-0.1, -0.05) is 87.3 Å². The minimum Gasteiger partial charge on any atom is -0.308 e. The van der Waals surface area contributed by atoms with Gasteiger partial charge in [-0.15, -0.1) is 0 Å². The molecule has 1 unspecified atom stereocenters. The van der Waals surface area contributed by atoms with Crippen molar-refractivity contribution in [1.82, 2.24) is 4.90 Å². The number of nitrogens with zero attached hydrogens (tertiary/aromatic N) is 2. The number of thioether (sulfide) groups is 1. The molecule has 174 valence electrons. The molecule has 0 amide bonds. The second kappa shape index (κ2) is 9.67. The number of halogens is 3. The largest absolute Gasteiger partial charge is 0.308 e. The van der Waals surface area contributed by atoms with Crippen molar-refractivity contribution >= 4 is 67.8 Å². The van der Waals surface area contributed by atoms with Gasteiger partial charge in [-0.2, -0.15) is 0 Å². The standard InChI is InChI=1S/C29H21BrCl2N2S/c30-22-10-6-19(7-11-22)26-17-35-29-33-27-21(16-18-4-12-23(31)13-5-18)2-1-3-25(27)28(34(26)29)20-8-14-24(32)15-9-20/h4-17,28H,1-3H2/b21-16+. The lowest BCUT2D eigenvalue weighted by Gasteiger charge is -2.40. The maximum Gasteiger partial charge on any atom is 0.174 e. The van der Waals surface area contributed by atoms with Crippen molar-refractivity contribution in [2.45, 2.75) is 25.3 Å². The van der Waals surface area contributed by atoms with Gasteiger partial charge in [-0.05, 0) is 89.6 Å². The monoisotopic (exact) mass is 578 g/mol. The summed E-state index contributed by atoms with van der Waals surface area (Å²) in [5, 5.41) is 4.75. The van der Waals surface area contributed by atoms with Gasteiger partial charge in [0.25, 0.3) is 0 Å². The highest BCUT2D eigenvalue weighted by atomic mass is 79.9. The summed E-state index contributed by atoms with van der Waals surface area (Å²) >= 11 is 17.7. The fraction of sp³-hybridized carbons (Fsp3) is 0.138. The number of hydrogen-bond donors (Lipinski definition) is 0. The van der Waals surface area contributed by atoms with Crippen LogP contribution >= 0.6 is 50.9 Å². The van der Waals surface area contributed by atoms with E-state index in [0.29, 0.717) is 0 Å². The molecule has 3 aromatic rings. The fourth-order valence-corrected chi connectivity index (χ4v) is 6.40. The molecule has 0 bridgehead atoms. The van der Waals surface area contributed by atoms with Gasteiger partial charge in [-0.3, -0.25) is 0 Å². The van der Waals surface area contributed by atoms with Crippen LogP contribution in [0.5, 0.6) is 0 Å². The molecule has 2 aliphatic heterocycles. The third-order valence-corrected chi connectivity index (χ3v) is 8.45. The first-order valence-electron chi connectivity index (χ1n) is 11.5. The van der Waals surface area contributed by atoms with Crippen molar-refractivity contribution in [3.8, 4) is 0 Å². The Morgan fingerprint density at radius 2 is 1.57 bits per heavy atom. The van der Waals surface area contributed by atoms with E-state index in [9.17, 15) is 0 Å².